The lowest BCUT2D eigenvalue weighted by atomic mass is 10.2. The molecule has 0 saturated carbocycles. The summed E-state index contributed by atoms with van der Waals surface area (Å²) in [5.41, 5.74) is 9.54. The summed E-state index contributed by atoms with van der Waals surface area (Å²) < 4.78 is 14.7. The van der Waals surface area contributed by atoms with Crippen LogP contribution in [0.25, 0.3) is 11.2 Å². The molecular formula is C20H16BrN5O2S2. The molecule has 1 atom stereocenters. The van der Waals surface area contributed by atoms with Gasteiger partial charge in [-0.15, -0.1) is 0 Å². The number of imidazole rings is 1. The largest absolute Gasteiger partial charge is 0.454 e. The SMILES string of the molecule is Nc1ncnc2c1nc(SC1=COC(c3ccccc3Br)O1)n2CCc1ccsc1. The first-order valence-electron chi connectivity index (χ1n) is 9.11. The van der Waals surface area contributed by atoms with Crippen LogP contribution in [0.1, 0.15) is 17.4 Å². The van der Waals surface area contributed by atoms with E-state index in [4.69, 9.17) is 15.2 Å². The van der Waals surface area contributed by atoms with Gasteiger partial charge in [-0.3, -0.25) is 0 Å². The van der Waals surface area contributed by atoms with Gasteiger partial charge in [-0.2, -0.15) is 11.3 Å². The van der Waals surface area contributed by atoms with Crippen molar-refractivity contribution in [1.82, 2.24) is 19.5 Å². The van der Waals surface area contributed by atoms with Crippen LogP contribution < -0.4 is 5.73 Å². The second-order valence-corrected chi connectivity index (χ2v) is 9.11. The molecular weight excluding hydrogens is 486 g/mol. The predicted octanol–water partition coefficient (Wildman–Crippen LogP) is 5.11. The first-order chi connectivity index (χ1) is 14.7. The average Bonchev–Trinajstić information content (AvgIpc) is 3.48. The standard InChI is InChI=1S/C20H16BrN5O2S2/c21-14-4-2-1-3-13(14)19-27-9-15(28-19)30-20-25-16-17(22)23-11-24-18(16)26(20)7-5-12-6-8-29-10-12/h1-4,6,8-11,19H,5,7H2,(H2,22,23,24). The Bertz CT molecular complexity index is 1230. The van der Waals surface area contributed by atoms with E-state index in [9.17, 15) is 0 Å². The van der Waals surface area contributed by atoms with Crippen LogP contribution in [0.2, 0.25) is 0 Å². The predicted molar refractivity (Wildman–Crippen MR) is 121 cm³/mol. The smallest absolute Gasteiger partial charge is 0.268 e. The molecule has 152 valence electrons. The van der Waals surface area contributed by atoms with Gasteiger partial charge >= 0.3 is 0 Å². The van der Waals surface area contributed by atoms with Crippen molar-refractivity contribution in [3.8, 4) is 0 Å². The molecule has 0 aliphatic carbocycles. The van der Waals surface area contributed by atoms with Crippen molar-refractivity contribution >= 4 is 56.0 Å². The molecule has 30 heavy (non-hydrogen) atoms. The maximum atomic E-state index is 6.04. The number of fused-ring (bicyclic) bond motifs is 1. The number of thiophene rings is 1. The summed E-state index contributed by atoms with van der Waals surface area (Å²) >= 11 is 6.61. The Kier molecular flexibility index (Phi) is 5.36. The highest BCUT2D eigenvalue weighted by molar-refractivity contribution is 9.10. The monoisotopic (exact) mass is 501 g/mol. The van der Waals surface area contributed by atoms with Crippen LogP contribution in [-0.4, -0.2) is 19.5 Å². The van der Waals surface area contributed by atoms with Crippen LogP contribution in [0, 0.1) is 0 Å². The fraction of sp³-hybridized carbons (Fsp3) is 0.150. The molecule has 0 spiro atoms. The molecule has 10 heteroatoms. The Morgan fingerprint density at radius 2 is 2.13 bits per heavy atom. The fourth-order valence-electron chi connectivity index (χ4n) is 3.11. The third-order valence-electron chi connectivity index (χ3n) is 4.59. The minimum Gasteiger partial charge on any atom is -0.454 e. The summed E-state index contributed by atoms with van der Waals surface area (Å²) in [6.45, 7) is 0.716. The molecule has 4 heterocycles. The van der Waals surface area contributed by atoms with Gasteiger partial charge in [0.15, 0.2) is 22.1 Å². The van der Waals surface area contributed by atoms with Crippen LogP contribution in [-0.2, 0) is 22.4 Å². The van der Waals surface area contributed by atoms with E-state index in [0.717, 1.165) is 21.6 Å². The molecule has 1 aliphatic rings. The van der Waals surface area contributed by atoms with Crippen molar-refractivity contribution in [3.63, 3.8) is 0 Å². The summed E-state index contributed by atoms with van der Waals surface area (Å²) in [6.07, 6.45) is 3.44. The van der Waals surface area contributed by atoms with E-state index in [2.05, 4.69) is 47.7 Å². The number of aromatic nitrogens is 4. The number of anilines is 1. The first-order valence-corrected chi connectivity index (χ1v) is 11.7. The number of ether oxygens (including phenoxy) is 2. The highest BCUT2D eigenvalue weighted by atomic mass is 79.9. The Morgan fingerprint density at radius 1 is 1.23 bits per heavy atom. The first kappa shape index (κ1) is 19.4. The van der Waals surface area contributed by atoms with Crippen molar-refractivity contribution in [1.29, 1.82) is 0 Å². The number of nitrogens with two attached hydrogens (primary N) is 1. The topological polar surface area (TPSA) is 88.1 Å². The summed E-state index contributed by atoms with van der Waals surface area (Å²) in [5.74, 6) is 0.361. The Hall–Kier alpha value is -2.56. The minimum atomic E-state index is -0.503. The van der Waals surface area contributed by atoms with Gasteiger partial charge in [-0.25, -0.2) is 15.0 Å². The van der Waals surface area contributed by atoms with E-state index in [1.54, 1.807) is 17.6 Å². The Labute approximate surface area is 189 Å². The summed E-state index contributed by atoms with van der Waals surface area (Å²) in [7, 11) is 0. The molecule has 0 bridgehead atoms. The van der Waals surface area contributed by atoms with Gasteiger partial charge in [-0.1, -0.05) is 34.1 Å². The number of nitrogen functional groups attached to an aromatic ring is 1. The number of hydrogen-bond acceptors (Lipinski definition) is 8. The van der Waals surface area contributed by atoms with E-state index >= 15 is 0 Å². The van der Waals surface area contributed by atoms with Gasteiger partial charge in [0, 0.05) is 16.6 Å². The van der Waals surface area contributed by atoms with Crippen LogP contribution >= 0.6 is 39.0 Å². The molecule has 2 N–H and O–H groups in total. The number of aryl methyl sites for hydroxylation is 2. The van der Waals surface area contributed by atoms with Crippen LogP contribution in [0.3, 0.4) is 0 Å². The van der Waals surface area contributed by atoms with Gasteiger partial charge < -0.3 is 19.8 Å². The maximum absolute atomic E-state index is 6.04. The molecule has 3 aromatic heterocycles. The molecule has 0 radical (unpaired) electrons. The van der Waals surface area contributed by atoms with Gasteiger partial charge in [-0.05, 0) is 46.6 Å². The highest BCUT2D eigenvalue weighted by Gasteiger charge is 2.26. The lowest BCUT2D eigenvalue weighted by Crippen LogP contribution is -2.04. The third-order valence-corrected chi connectivity index (χ3v) is 6.93. The van der Waals surface area contributed by atoms with E-state index in [-0.39, 0.29) is 0 Å². The van der Waals surface area contributed by atoms with Crippen molar-refractivity contribution in [3.05, 3.63) is 74.4 Å². The van der Waals surface area contributed by atoms with E-state index < -0.39 is 6.29 Å². The number of rotatable bonds is 6. The van der Waals surface area contributed by atoms with E-state index in [1.807, 2.05) is 28.8 Å². The molecule has 7 nitrogen and oxygen atoms in total. The molecule has 1 unspecified atom stereocenters. The van der Waals surface area contributed by atoms with Crippen LogP contribution in [0.15, 0.2) is 68.4 Å². The Balaban J connectivity index is 1.40. The summed E-state index contributed by atoms with van der Waals surface area (Å²) in [5, 5.41) is 5.58. The molecule has 0 fully saturated rings. The van der Waals surface area contributed by atoms with Crippen LogP contribution in [0.5, 0.6) is 0 Å². The maximum Gasteiger partial charge on any atom is 0.268 e. The van der Waals surface area contributed by atoms with Gasteiger partial charge in [0.1, 0.15) is 12.6 Å². The van der Waals surface area contributed by atoms with Gasteiger partial charge in [0.05, 0.1) is 0 Å². The number of halogens is 1. The quantitative estimate of drug-likeness (QED) is 0.392. The lowest BCUT2D eigenvalue weighted by Gasteiger charge is -2.13. The van der Waals surface area contributed by atoms with Crippen molar-refractivity contribution in [2.75, 3.05) is 5.73 Å². The van der Waals surface area contributed by atoms with Crippen LogP contribution in [0.4, 0.5) is 5.82 Å². The lowest BCUT2D eigenvalue weighted by molar-refractivity contribution is -0.0278. The summed E-state index contributed by atoms with van der Waals surface area (Å²) in [4.78, 5) is 13.2. The molecule has 5 rings (SSSR count). The fourth-order valence-corrected chi connectivity index (χ4v) is 5.13. The number of benzene rings is 1. The van der Waals surface area contributed by atoms with Crippen molar-refractivity contribution < 1.29 is 9.47 Å². The Morgan fingerprint density at radius 3 is 2.97 bits per heavy atom. The number of nitrogens with zero attached hydrogens (tertiary/aromatic N) is 4. The van der Waals surface area contributed by atoms with Crippen molar-refractivity contribution in [2.45, 2.75) is 24.4 Å². The molecule has 0 amide bonds. The average molecular weight is 502 g/mol. The van der Waals surface area contributed by atoms with E-state index in [1.165, 1.54) is 23.7 Å². The van der Waals surface area contributed by atoms with E-state index in [0.29, 0.717) is 28.6 Å². The van der Waals surface area contributed by atoms with Gasteiger partial charge in [0.2, 0.25) is 5.09 Å². The zero-order chi connectivity index (χ0) is 20.5. The second-order valence-electron chi connectivity index (χ2n) is 6.51. The van der Waals surface area contributed by atoms with Gasteiger partial charge in [0.25, 0.3) is 6.29 Å². The van der Waals surface area contributed by atoms with Crippen molar-refractivity contribution in [2.24, 2.45) is 0 Å². The molecule has 1 aliphatic heterocycles. The third kappa shape index (κ3) is 3.78. The second kappa shape index (κ2) is 8.29. The number of thioether (sulfide) groups is 1. The molecule has 1 aromatic carbocycles. The summed E-state index contributed by atoms with van der Waals surface area (Å²) in [6, 6.07) is 9.94. The zero-order valence-electron chi connectivity index (χ0n) is 15.6. The highest BCUT2D eigenvalue weighted by Crippen LogP contribution is 2.40. The molecule has 4 aromatic rings. The zero-order valence-corrected chi connectivity index (χ0v) is 18.8. The molecule has 0 saturated heterocycles. The minimum absolute atomic E-state index is 0.361. The normalized spacial score (nSPS) is 15.8. The number of hydrogen-bond donors (Lipinski definition) is 1.